The molecule has 0 N–H and O–H groups in total. The van der Waals surface area contributed by atoms with Crippen molar-refractivity contribution < 1.29 is 4.42 Å². The average Bonchev–Trinajstić information content (AvgIpc) is 2.60. The minimum Gasteiger partial charge on any atom is -0.421 e. The first-order valence-electron chi connectivity index (χ1n) is 7.33. The molecular weight excluding hydrogens is 322 g/mol. The normalized spacial score (nSPS) is 10.8. The molecule has 0 aliphatic heterocycles. The van der Waals surface area contributed by atoms with Gasteiger partial charge in [-0.25, -0.2) is 4.79 Å². The zero-order valence-corrected chi connectivity index (χ0v) is 13.2. The van der Waals surface area contributed by atoms with Crippen molar-refractivity contribution >= 4 is 33.3 Å². The summed E-state index contributed by atoms with van der Waals surface area (Å²) in [5, 5.41) is 12.5. The zero-order valence-electron chi connectivity index (χ0n) is 12.4. The molecule has 4 aromatic rings. The molecule has 3 aromatic carbocycles. The van der Waals surface area contributed by atoms with Crippen LogP contribution >= 0.6 is 11.6 Å². The fourth-order valence-corrected chi connectivity index (χ4v) is 3.17. The van der Waals surface area contributed by atoms with Crippen LogP contribution in [0.4, 0.5) is 0 Å². The highest BCUT2D eigenvalue weighted by atomic mass is 35.5. The van der Waals surface area contributed by atoms with Gasteiger partial charge in [0, 0.05) is 21.4 Å². The molecule has 4 rings (SSSR count). The quantitative estimate of drug-likeness (QED) is 0.358. The second-order valence-electron chi connectivity index (χ2n) is 5.43. The van der Waals surface area contributed by atoms with E-state index in [-0.39, 0.29) is 5.56 Å². The van der Waals surface area contributed by atoms with Crippen LogP contribution in [0.5, 0.6) is 0 Å². The molecule has 0 spiro atoms. The fraction of sp³-hybridized carbons (Fsp3) is 0. The Morgan fingerprint density at radius 3 is 2.58 bits per heavy atom. The molecule has 24 heavy (non-hydrogen) atoms. The van der Waals surface area contributed by atoms with Crippen molar-refractivity contribution in [3.63, 3.8) is 0 Å². The van der Waals surface area contributed by atoms with E-state index in [2.05, 4.69) is 0 Å². The number of hydrogen-bond acceptors (Lipinski definition) is 3. The van der Waals surface area contributed by atoms with Crippen molar-refractivity contribution in [1.29, 1.82) is 5.26 Å². The Labute approximate surface area is 142 Å². The third kappa shape index (κ3) is 2.17. The summed E-state index contributed by atoms with van der Waals surface area (Å²) in [4.78, 5) is 12.4. The first-order chi connectivity index (χ1) is 11.7. The van der Waals surface area contributed by atoms with Crippen LogP contribution in [0.2, 0.25) is 5.02 Å². The number of halogens is 1. The summed E-state index contributed by atoms with van der Waals surface area (Å²) in [6, 6.07) is 20.6. The van der Waals surface area contributed by atoms with Crippen molar-refractivity contribution in [2.75, 3.05) is 0 Å². The van der Waals surface area contributed by atoms with E-state index in [1.807, 2.05) is 48.5 Å². The number of fused-ring (bicyclic) bond motifs is 3. The third-order valence-electron chi connectivity index (χ3n) is 4.02. The maximum Gasteiger partial charge on any atom is 0.354 e. The third-order valence-corrected chi connectivity index (χ3v) is 4.26. The molecule has 1 heterocycles. The number of benzene rings is 3. The summed E-state index contributed by atoms with van der Waals surface area (Å²) < 4.78 is 5.48. The van der Waals surface area contributed by atoms with Crippen LogP contribution in [-0.2, 0) is 0 Å². The van der Waals surface area contributed by atoms with E-state index in [1.165, 1.54) is 0 Å². The molecule has 0 saturated carbocycles. The van der Waals surface area contributed by atoms with Gasteiger partial charge in [0.15, 0.2) is 0 Å². The smallest absolute Gasteiger partial charge is 0.354 e. The summed E-state index contributed by atoms with van der Waals surface area (Å²) in [6.45, 7) is 0. The van der Waals surface area contributed by atoms with Crippen LogP contribution in [0, 0.1) is 11.3 Å². The van der Waals surface area contributed by atoms with Crippen molar-refractivity contribution in [1.82, 2.24) is 0 Å². The highest BCUT2D eigenvalue weighted by Gasteiger charge is 2.17. The molecule has 0 atom stereocenters. The van der Waals surface area contributed by atoms with Gasteiger partial charge in [-0.15, -0.1) is 0 Å². The lowest BCUT2D eigenvalue weighted by Crippen LogP contribution is -2.07. The molecule has 0 saturated heterocycles. The first kappa shape index (κ1) is 14.5. The summed E-state index contributed by atoms with van der Waals surface area (Å²) in [5.41, 5.74) is 1.09. The monoisotopic (exact) mass is 331 g/mol. The van der Waals surface area contributed by atoms with E-state index in [9.17, 15) is 10.1 Å². The Morgan fingerprint density at radius 1 is 0.958 bits per heavy atom. The van der Waals surface area contributed by atoms with Gasteiger partial charge in [0.25, 0.3) is 0 Å². The second-order valence-corrected chi connectivity index (χ2v) is 5.86. The average molecular weight is 332 g/mol. The Balaban J connectivity index is 2.24. The summed E-state index contributed by atoms with van der Waals surface area (Å²) in [7, 11) is 0. The number of rotatable bonds is 1. The summed E-state index contributed by atoms with van der Waals surface area (Å²) in [6.07, 6.45) is 0. The predicted octanol–water partition coefficient (Wildman–Crippen LogP) is 5.14. The minimum atomic E-state index is -0.642. The molecular formula is C20H10ClNO2. The van der Waals surface area contributed by atoms with E-state index < -0.39 is 5.63 Å². The maximum atomic E-state index is 12.4. The molecule has 0 bridgehead atoms. The molecule has 0 radical (unpaired) electrons. The van der Waals surface area contributed by atoms with Gasteiger partial charge in [-0.2, -0.15) is 5.26 Å². The molecule has 0 aliphatic carbocycles. The predicted molar refractivity (Wildman–Crippen MR) is 95.2 cm³/mol. The Morgan fingerprint density at radius 2 is 1.79 bits per heavy atom. The van der Waals surface area contributed by atoms with Crippen LogP contribution in [0.1, 0.15) is 5.56 Å². The van der Waals surface area contributed by atoms with Crippen molar-refractivity contribution in [2.24, 2.45) is 0 Å². The lowest BCUT2D eigenvalue weighted by Gasteiger charge is -2.10. The van der Waals surface area contributed by atoms with E-state index in [4.69, 9.17) is 16.0 Å². The van der Waals surface area contributed by atoms with Gasteiger partial charge in [-0.1, -0.05) is 54.1 Å². The van der Waals surface area contributed by atoms with Crippen LogP contribution in [0.3, 0.4) is 0 Å². The summed E-state index contributed by atoms with van der Waals surface area (Å²) in [5.74, 6) is 0. The van der Waals surface area contributed by atoms with Gasteiger partial charge in [0.1, 0.15) is 17.2 Å². The van der Waals surface area contributed by atoms with E-state index >= 15 is 0 Å². The molecule has 3 nitrogen and oxygen atoms in total. The number of hydrogen-bond donors (Lipinski definition) is 0. The molecule has 0 aliphatic rings. The lowest BCUT2D eigenvalue weighted by molar-refractivity contribution is 0.562. The summed E-state index contributed by atoms with van der Waals surface area (Å²) >= 11 is 6.09. The SMILES string of the molecule is N#Cc1c(-c2cccc(Cl)c2)c2ccc3ccccc3c2oc1=O. The van der Waals surface area contributed by atoms with Gasteiger partial charge < -0.3 is 4.42 Å². The van der Waals surface area contributed by atoms with Gasteiger partial charge in [0.2, 0.25) is 0 Å². The first-order valence-corrected chi connectivity index (χ1v) is 7.71. The van der Waals surface area contributed by atoms with Gasteiger partial charge in [0.05, 0.1) is 0 Å². The van der Waals surface area contributed by atoms with E-state index in [1.54, 1.807) is 18.2 Å². The largest absolute Gasteiger partial charge is 0.421 e. The fourth-order valence-electron chi connectivity index (χ4n) is 2.98. The van der Waals surface area contributed by atoms with Crippen molar-refractivity contribution in [3.8, 4) is 17.2 Å². The standard InChI is InChI=1S/C20H10ClNO2/c21-14-6-3-5-13(10-14)18-16-9-8-12-4-1-2-7-15(12)19(16)24-20(23)17(18)11-22/h1-10H. The Bertz CT molecular complexity index is 1200. The number of nitriles is 1. The Hall–Kier alpha value is -3.09. The highest BCUT2D eigenvalue weighted by Crippen LogP contribution is 2.34. The van der Waals surface area contributed by atoms with Crippen LogP contribution in [0.15, 0.2) is 69.9 Å². The highest BCUT2D eigenvalue weighted by molar-refractivity contribution is 6.31. The minimum absolute atomic E-state index is 0.0138. The Kier molecular flexibility index (Phi) is 3.34. The van der Waals surface area contributed by atoms with Gasteiger partial charge in [-0.3, -0.25) is 0 Å². The molecule has 4 heteroatoms. The second kappa shape index (κ2) is 5.52. The van der Waals surface area contributed by atoms with Crippen LogP contribution < -0.4 is 5.63 Å². The maximum absolute atomic E-state index is 12.4. The molecule has 1 aromatic heterocycles. The van der Waals surface area contributed by atoms with E-state index in [0.717, 1.165) is 10.8 Å². The lowest BCUT2D eigenvalue weighted by atomic mass is 9.95. The van der Waals surface area contributed by atoms with Crippen molar-refractivity contribution in [3.05, 3.63) is 81.7 Å². The molecule has 0 amide bonds. The van der Waals surface area contributed by atoms with E-state index in [0.29, 0.717) is 27.1 Å². The number of nitrogens with zero attached hydrogens (tertiary/aromatic N) is 1. The zero-order chi connectivity index (χ0) is 16.7. The molecule has 114 valence electrons. The van der Waals surface area contributed by atoms with Gasteiger partial charge in [-0.05, 0) is 29.1 Å². The molecule has 0 unspecified atom stereocenters. The van der Waals surface area contributed by atoms with Crippen molar-refractivity contribution in [2.45, 2.75) is 0 Å². The molecule has 0 fully saturated rings. The van der Waals surface area contributed by atoms with Crippen LogP contribution in [-0.4, -0.2) is 0 Å². The topological polar surface area (TPSA) is 54.0 Å². The van der Waals surface area contributed by atoms with Gasteiger partial charge >= 0.3 is 5.63 Å². The van der Waals surface area contributed by atoms with Crippen LogP contribution in [0.25, 0.3) is 32.9 Å².